The topological polar surface area (TPSA) is 61.7 Å². The summed E-state index contributed by atoms with van der Waals surface area (Å²) in [4.78, 5) is 11.8. The fourth-order valence-corrected chi connectivity index (χ4v) is 1.83. The number of phenols is 1. The Kier molecular flexibility index (Phi) is 4.53. The van der Waals surface area contributed by atoms with E-state index in [2.05, 4.69) is 26.5 Å². The first-order valence-electron chi connectivity index (χ1n) is 5.96. The van der Waals surface area contributed by atoms with Crippen LogP contribution in [0.4, 0.5) is 0 Å². The lowest BCUT2D eigenvalue weighted by atomic mass is 10.1. The van der Waals surface area contributed by atoms with Crippen LogP contribution in [0.5, 0.6) is 5.75 Å². The molecule has 0 aromatic heterocycles. The van der Waals surface area contributed by atoms with E-state index in [1.54, 1.807) is 0 Å². The Hall–Kier alpha value is -2.14. The van der Waals surface area contributed by atoms with Crippen LogP contribution in [0.15, 0.2) is 58.1 Å². The predicted molar refractivity (Wildman–Crippen MR) is 81.9 cm³/mol. The van der Waals surface area contributed by atoms with Gasteiger partial charge in [0.25, 0.3) is 5.91 Å². The van der Waals surface area contributed by atoms with Crippen LogP contribution in [0, 0.1) is 0 Å². The molecule has 2 aromatic carbocycles. The minimum absolute atomic E-state index is 0.121. The van der Waals surface area contributed by atoms with E-state index in [1.165, 1.54) is 24.3 Å². The lowest BCUT2D eigenvalue weighted by Gasteiger charge is -2.03. The van der Waals surface area contributed by atoms with Gasteiger partial charge < -0.3 is 5.11 Å². The molecule has 2 rings (SSSR count). The molecule has 0 saturated heterocycles. The molecule has 2 aromatic rings. The Morgan fingerprint density at radius 1 is 1.05 bits per heavy atom. The summed E-state index contributed by atoms with van der Waals surface area (Å²) in [7, 11) is 0. The Labute approximate surface area is 125 Å². The summed E-state index contributed by atoms with van der Waals surface area (Å²) in [6, 6.07) is 13.6. The molecule has 1 amide bonds. The molecule has 0 saturated carbocycles. The Morgan fingerprint density at radius 2 is 1.60 bits per heavy atom. The molecule has 102 valence electrons. The Bertz CT molecular complexity index is 634. The van der Waals surface area contributed by atoms with Gasteiger partial charge in [0, 0.05) is 10.0 Å². The second kappa shape index (κ2) is 6.34. The van der Waals surface area contributed by atoms with E-state index in [9.17, 15) is 4.79 Å². The number of carbonyl (C=O) groups excluding carboxylic acids is 1. The lowest BCUT2D eigenvalue weighted by molar-refractivity contribution is 0.0955. The van der Waals surface area contributed by atoms with E-state index >= 15 is 0 Å². The third kappa shape index (κ3) is 3.68. The number of rotatable bonds is 3. The molecule has 5 heteroatoms. The van der Waals surface area contributed by atoms with Gasteiger partial charge in [-0.15, -0.1) is 0 Å². The largest absolute Gasteiger partial charge is 0.508 e. The van der Waals surface area contributed by atoms with Crippen LogP contribution in [0.25, 0.3) is 0 Å². The zero-order valence-electron chi connectivity index (χ0n) is 10.8. The summed E-state index contributed by atoms with van der Waals surface area (Å²) in [6.07, 6.45) is 0. The van der Waals surface area contributed by atoms with Gasteiger partial charge in [0.15, 0.2) is 0 Å². The number of hydrogen-bond donors (Lipinski definition) is 2. The molecule has 2 N–H and O–H groups in total. The number of carbonyl (C=O) groups is 1. The molecule has 4 nitrogen and oxygen atoms in total. The minimum atomic E-state index is -0.318. The zero-order valence-corrected chi connectivity index (χ0v) is 12.4. The molecule has 0 spiro atoms. The summed E-state index contributed by atoms with van der Waals surface area (Å²) in [5.74, 6) is -0.197. The van der Waals surface area contributed by atoms with E-state index < -0.39 is 0 Å². The average molecular weight is 333 g/mol. The van der Waals surface area contributed by atoms with Crippen molar-refractivity contribution in [3.05, 3.63) is 64.1 Å². The summed E-state index contributed by atoms with van der Waals surface area (Å²) in [6.45, 7) is 1.82. The van der Waals surface area contributed by atoms with Gasteiger partial charge in [-0.3, -0.25) is 4.79 Å². The standard InChI is InChI=1S/C15H13BrN2O2/c1-10(11-2-6-13(16)7-3-11)17-18-15(20)12-4-8-14(19)9-5-12/h2-9,19H,1H3,(H,18,20). The highest BCUT2D eigenvalue weighted by Crippen LogP contribution is 2.11. The van der Waals surface area contributed by atoms with Crippen molar-refractivity contribution in [2.75, 3.05) is 0 Å². The van der Waals surface area contributed by atoms with E-state index in [0.29, 0.717) is 11.3 Å². The third-order valence-electron chi connectivity index (χ3n) is 2.72. The highest BCUT2D eigenvalue weighted by Gasteiger charge is 2.04. The average Bonchev–Trinajstić information content (AvgIpc) is 2.46. The second-order valence-corrected chi connectivity index (χ2v) is 5.11. The van der Waals surface area contributed by atoms with Crippen molar-refractivity contribution < 1.29 is 9.90 Å². The molecule has 0 heterocycles. The van der Waals surface area contributed by atoms with Gasteiger partial charge in [-0.25, -0.2) is 5.43 Å². The summed E-state index contributed by atoms with van der Waals surface area (Å²) in [5, 5.41) is 13.2. The number of nitrogens with one attached hydrogen (secondary N) is 1. The van der Waals surface area contributed by atoms with Crippen LogP contribution in [0.2, 0.25) is 0 Å². The van der Waals surface area contributed by atoms with Gasteiger partial charge in [0.2, 0.25) is 0 Å². The van der Waals surface area contributed by atoms with Crippen molar-refractivity contribution in [1.29, 1.82) is 0 Å². The summed E-state index contributed by atoms with van der Waals surface area (Å²) in [5.41, 5.74) is 4.57. The number of aromatic hydroxyl groups is 1. The first-order valence-corrected chi connectivity index (χ1v) is 6.75. The number of halogens is 1. The minimum Gasteiger partial charge on any atom is -0.508 e. The Morgan fingerprint density at radius 3 is 2.20 bits per heavy atom. The molecular formula is C15H13BrN2O2. The van der Waals surface area contributed by atoms with E-state index in [0.717, 1.165) is 10.0 Å². The van der Waals surface area contributed by atoms with Crippen LogP contribution >= 0.6 is 15.9 Å². The molecule has 0 unspecified atom stereocenters. The van der Waals surface area contributed by atoms with Gasteiger partial charge in [-0.05, 0) is 48.9 Å². The van der Waals surface area contributed by atoms with Gasteiger partial charge in [0.05, 0.1) is 5.71 Å². The van der Waals surface area contributed by atoms with E-state index in [-0.39, 0.29) is 11.7 Å². The monoisotopic (exact) mass is 332 g/mol. The van der Waals surface area contributed by atoms with Crippen LogP contribution in [0.3, 0.4) is 0 Å². The first kappa shape index (κ1) is 14.3. The smallest absolute Gasteiger partial charge is 0.271 e. The lowest BCUT2D eigenvalue weighted by Crippen LogP contribution is -2.19. The van der Waals surface area contributed by atoms with Gasteiger partial charge in [-0.2, -0.15) is 5.10 Å². The maximum absolute atomic E-state index is 11.8. The Balaban J connectivity index is 2.06. The molecule has 0 fully saturated rings. The van der Waals surface area contributed by atoms with E-state index in [4.69, 9.17) is 5.11 Å². The molecule has 0 bridgehead atoms. The van der Waals surface area contributed by atoms with Crippen LogP contribution in [-0.4, -0.2) is 16.7 Å². The van der Waals surface area contributed by atoms with Crippen molar-refractivity contribution in [1.82, 2.24) is 5.43 Å². The summed E-state index contributed by atoms with van der Waals surface area (Å²) >= 11 is 3.36. The molecule has 0 aliphatic rings. The van der Waals surface area contributed by atoms with Crippen molar-refractivity contribution >= 4 is 27.5 Å². The van der Waals surface area contributed by atoms with Crippen molar-refractivity contribution in [3.63, 3.8) is 0 Å². The quantitative estimate of drug-likeness (QED) is 0.669. The normalized spacial score (nSPS) is 11.2. The van der Waals surface area contributed by atoms with Gasteiger partial charge >= 0.3 is 0 Å². The first-order chi connectivity index (χ1) is 9.56. The van der Waals surface area contributed by atoms with Crippen molar-refractivity contribution in [2.45, 2.75) is 6.92 Å². The molecule has 0 radical (unpaired) electrons. The second-order valence-electron chi connectivity index (χ2n) is 4.19. The number of hydrazone groups is 1. The molecular weight excluding hydrogens is 320 g/mol. The fourth-order valence-electron chi connectivity index (χ4n) is 1.57. The SMILES string of the molecule is CC(=NNC(=O)c1ccc(O)cc1)c1ccc(Br)cc1. The third-order valence-corrected chi connectivity index (χ3v) is 3.25. The molecule has 0 aliphatic heterocycles. The van der Waals surface area contributed by atoms with Gasteiger partial charge in [-0.1, -0.05) is 28.1 Å². The molecule has 0 atom stereocenters. The number of benzene rings is 2. The van der Waals surface area contributed by atoms with Crippen LogP contribution in [0.1, 0.15) is 22.8 Å². The summed E-state index contributed by atoms with van der Waals surface area (Å²) < 4.78 is 0.988. The van der Waals surface area contributed by atoms with Crippen LogP contribution < -0.4 is 5.43 Å². The van der Waals surface area contributed by atoms with Gasteiger partial charge in [0.1, 0.15) is 5.75 Å². The van der Waals surface area contributed by atoms with E-state index in [1.807, 2.05) is 31.2 Å². The highest BCUT2D eigenvalue weighted by atomic mass is 79.9. The molecule has 0 aliphatic carbocycles. The maximum Gasteiger partial charge on any atom is 0.271 e. The molecule has 20 heavy (non-hydrogen) atoms. The number of nitrogens with zero attached hydrogens (tertiary/aromatic N) is 1. The fraction of sp³-hybridized carbons (Fsp3) is 0.0667. The van der Waals surface area contributed by atoms with Crippen molar-refractivity contribution in [3.8, 4) is 5.75 Å². The highest BCUT2D eigenvalue weighted by molar-refractivity contribution is 9.10. The number of amides is 1. The zero-order chi connectivity index (χ0) is 14.5. The number of hydrogen-bond acceptors (Lipinski definition) is 3. The van der Waals surface area contributed by atoms with Crippen molar-refractivity contribution in [2.24, 2.45) is 5.10 Å². The number of phenolic OH excluding ortho intramolecular Hbond substituents is 1. The van der Waals surface area contributed by atoms with Crippen LogP contribution in [-0.2, 0) is 0 Å². The maximum atomic E-state index is 11.8. The predicted octanol–water partition coefficient (Wildman–Crippen LogP) is 3.31.